The lowest BCUT2D eigenvalue weighted by atomic mass is 10.2. The van der Waals surface area contributed by atoms with E-state index < -0.39 is 0 Å². The maximum absolute atomic E-state index is 11.6. The molecule has 0 aliphatic carbocycles. The molecular formula is C16H21NO5. The number of amides is 1. The van der Waals surface area contributed by atoms with E-state index in [2.05, 4.69) is 10.1 Å². The predicted octanol–water partition coefficient (Wildman–Crippen LogP) is 1.79. The van der Waals surface area contributed by atoms with Crippen LogP contribution >= 0.6 is 0 Å². The third-order valence-electron chi connectivity index (χ3n) is 2.92. The van der Waals surface area contributed by atoms with Gasteiger partial charge in [-0.25, -0.2) is 0 Å². The van der Waals surface area contributed by atoms with Crippen LogP contribution in [0, 0.1) is 0 Å². The smallest absolute Gasteiger partial charge is 0.305 e. The number of rotatable bonds is 8. The minimum atomic E-state index is -0.282. The number of carbonyl (C=O) groups is 2. The quantitative estimate of drug-likeness (QED) is 0.450. The van der Waals surface area contributed by atoms with Crippen molar-refractivity contribution in [2.24, 2.45) is 0 Å². The van der Waals surface area contributed by atoms with Gasteiger partial charge >= 0.3 is 5.97 Å². The van der Waals surface area contributed by atoms with Crippen molar-refractivity contribution in [2.45, 2.75) is 12.8 Å². The second-order valence-electron chi connectivity index (χ2n) is 4.42. The monoisotopic (exact) mass is 307 g/mol. The average molecular weight is 307 g/mol. The van der Waals surface area contributed by atoms with Crippen LogP contribution in [-0.4, -0.2) is 39.8 Å². The molecule has 1 amide bonds. The molecule has 0 aromatic heterocycles. The highest BCUT2D eigenvalue weighted by Crippen LogP contribution is 2.27. The van der Waals surface area contributed by atoms with Gasteiger partial charge in [0.1, 0.15) is 0 Å². The van der Waals surface area contributed by atoms with Crippen LogP contribution in [-0.2, 0) is 14.3 Å². The van der Waals surface area contributed by atoms with Gasteiger partial charge in [-0.05, 0) is 30.2 Å². The Morgan fingerprint density at radius 2 is 1.86 bits per heavy atom. The molecule has 1 aromatic rings. The lowest BCUT2D eigenvalue weighted by Crippen LogP contribution is -2.22. The Morgan fingerprint density at radius 3 is 2.50 bits per heavy atom. The van der Waals surface area contributed by atoms with Crippen LogP contribution in [0.15, 0.2) is 24.3 Å². The molecule has 0 aliphatic rings. The fourth-order valence-corrected chi connectivity index (χ4v) is 1.73. The summed E-state index contributed by atoms with van der Waals surface area (Å²) < 4.78 is 14.9. The SMILES string of the molecule is COC(=O)CCCNC(=O)/C=C/c1ccc(OC)c(OC)c1. The highest BCUT2D eigenvalue weighted by Gasteiger charge is 2.03. The fraction of sp³-hybridized carbons (Fsp3) is 0.375. The number of ether oxygens (including phenoxy) is 3. The van der Waals surface area contributed by atoms with Crippen molar-refractivity contribution in [3.63, 3.8) is 0 Å². The van der Waals surface area contributed by atoms with Crippen LogP contribution in [0.25, 0.3) is 6.08 Å². The van der Waals surface area contributed by atoms with Crippen molar-refractivity contribution in [1.29, 1.82) is 0 Å². The first-order valence-electron chi connectivity index (χ1n) is 6.85. The van der Waals surface area contributed by atoms with Gasteiger partial charge in [0.25, 0.3) is 0 Å². The zero-order chi connectivity index (χ0) is 16.4. The third kappa shape index (κ3) is 5.87. The van der Waals surface area contributed by atoms with Crippen molar-refractivity contribution in [2.75, 3.05) is 27.9 Å². The summed E-state index contributed by atoms with van der Waals surface area (Å²) >= 11 is 0. The van der Waals surface area contributed by atoms with E-state index in [-0.39, 0.29) is 18.3 Å². The third-order valence-corrected chi connectivity index (χ3v) is 2.92. The molecule has 0 heterocycles. The second-order valence-corrected chi connectivity index (χ2v) is 4.42. The van der Waals surface area contributed by atoms with E-state index in [0.717, 1.165) is 5.56 Å². The molecule has 6 heteroatoms. The number of esters is 1. The largest absolute Gasteiger partial charge is 0.493 e. The van der Waals surface area contributed by atoms with Gasteiger partial charge in [0.2, 0.25) is 5.91 Å². The van der Waals surface area contributed by atoms with Gasteiger partial charge in [0, 0.05) is 19.0 Å². The van der Waals surface area contributed by atoms with Gasteiger partial charge in [0.15, 0.2) is 11.5 Å². The number of benzene rings is 1. The molecule has 120 valence electrons. The van der Waals surface area contributed by atoms with E-state index in [1.165, 1.54) is 13.2 Å². The lowest BCUT2D eigenvalue weighted by Gasteiger charge is -2.07. The molecule has 22 heavy (non-hydrogen) atoms. The van der Waals surface area contributed by atoms with Crippen LogP contribution in [0.2, 0.25) is 0 Å². The summed E-state index contributed by atoms with van der Waals surface area (Å²) in [6, 6.07) is 5.37. The van der Waals surface area contributed by atoms with Crippen LogP contribution < -0.4 is 14.8 Å². The van der Waals surface area contributed by atoms with Crippen molar-refractivity contribution >= 4 is 18.0 Å². The molecule has 0 fully saturated rings. The van der Waals surface area contributed by atoms with E-state index in [9.17, 15) is 9.59 Å². The van der Waals surface area contributed by atoms with Crippen LogP contribution in [0.3, 0.4) is 0 Å². The van der Waals surface area contributed by atoms with E-state index in [1.54, 1.807) is 32.4 Å². The maximum atomic E-state index is 11.6. The molecule has 1 N–H and O–H groups in total. The van der Waals surface area contributed by atoms with E-state index in [1.807, 2.05) is 6.07 Å². The number of hydrogen-bond donors (Lipinski definition) is 1. The molecule has 0 bridgehead atoms. The summed E-state index contributed by atoms with van der Waals surface area (Å²) in [6.07, 6.45) is 3.94. The summed E-state index contributed by atoms with van der Waals surface area (Å²) in [6.45, 7) is 0.421. The molecule has 0 spiro atoms. The molecule has 0 saturated carbocycles. The zero-order valence-corrected chi connectivity index (χ0v) is 13.0. The number of methoxy groups -OCH3 is 3. The predicted molar refractivity (Wildman–Crippen MR) is 82.8 cm³/mol. The Labute approximate surface area is 130 Å². The number of hydrogen-bond acceptors (Lipinski definition) is 5. The summed E-state index contributed by atoms with van der Waals surface area (Å²) in [5.41, 5.74) is 0.822. The van der Waals surface area contributed by atoms with Gasteiger partial charge in [-0.15, -0.1) is 0 Å². The highest BCUT2D eigenvalue weighted by molar-refractivity contribution is 5.91. The number of nitrogens with one attached hydrogen (secondary N) is 1. The minimum absolute atomic E-state index is 0.223. The van der Waals surface area contributed by atoms with Gasteiger partial charge < -0.3 is 19.5 Å². The van der Waals surface area contributed by atoms with Crippen LogP contribution in [0.4, 0.5) is 0 Å². The topological polar surface area (TPSA) is 73.9 Å². The Bertz CT molecular complexity index is 539. The van der Waals surface area contributed by atoms with Crippen molar-refractivity contribution in [3.8, 4) is 11.5 Å². The summed E-state index contributed by atoms with van der Waals surface area (Å²) in [5, 5.41) is 2.69. The minimum Gasteiger partial charge on any atom is -0.493 e. The Morgan fingerprint density at radius 1 is 1.14 bits per heavy atom. The Hall–Kier alpha value is -2.50. The van der Waals surface area contributed by atoms with Gasteiger partial charge in [-0.2, -0.15) is 0 Å². The second kappa shape index (κ2) is 9.44. The Balaban J connectivity index is 2.47. The highest BCUT2D eigenvalue weighted by atomic mass is 16.5. The number of carbonyl (C=O) groups excluding carboxylic acids is 2. The van der Waals surface area contributed by atoms with E-state index in [4.69, 9.17) is 9.47 Å². The average Bonchev–Trinajstić information content (AvgIpc) is 2.56. The molecule has 1 aromatic carbocycles. The van der Waals surface area contributed by atoms with E-state index >= 15 is 0 Å². The van der Waals surface area contributed by atoms with Gasteiger partial charge in [-0.3, -0.25) is 9.59 Å². The summed E-state index contributed by atoms with van der Waals surface area (Å²) in [4.78, 5) is 22.5. The molecule has 0 radical (unpaired) electrons. The molecule has 0 saturated heterocycles. The van der Waals surface area contributed by atoms with Crippen LogP contribution in [0.5, 0.6) is 11.5 Å². The lowest BCUT2D eigenvalue weighted by molar-refractivity contribution is -0.140. The molecule has 1 rings (SSSR count). The van der Waals surface area contributed by atoms with Crippen LogP contribution in [0.1, 0.15) is 18.4 Å². The first-order valence-corrected chi connectivity index (χ1v) is 6.85. The standard InChI is InChI=1S/C16H21NO5/c1-20-13-8-6-12(11-14(13)21-2)7-9-15(18)17-10-4-5-16(19)22-3/h6-9,11H,4-5,10H2,1-3H3,(H,17,18)/b9-7+. The normalized spacial score (nSPS) is 10.3. The van der Waals surface area contributed by atoms with E-state index in [0.29, 0.717) is 24.5 Å². The maximum Gasteiger partial charge on any atom is 0.305 e. The van der Waals surface area contributed by atoms with Crippen molar-refractivity contribution < 1.29 is 23.8 Å². The van der Waals surface area contributed by atoms with Crippen molar-refractivity contribution in [3.05, 3.63) is 29.8 Å². The zero-order valence-electron chi connectivity index (χ0n) is 13.0. The molecule has 0 unspecified atom stereocenters. The fourth-order valence-electron chi connectivity index (χ4n) is 1.73. The van der Waals surface area contributed by atoms with Gasteiger partial charge in [-0.1, -0.05) is 6.07 Å². The molecule has 0 atom stereocenters. The first kappa shape index (κ1) is 17.6. The molecule has 6 nitrogen and oxygen atoms in total. The molecular weight excluding hydrogens is 286 g/mol. The van der Waals surface area contributed by atoms with Gasteiger partial charge in [0.05, 0.1) is 21.3 Å². The Kier molecular flexibility index (Phi) is 7.53. The molecule has 0 aliphatic heterocycles. The first-order chi connectivity index (χ1) is 10.6. The summed E-state index contributed by atoms with van der Waals surface area (Å²) in [7, 11) is 4.46. The summed E-state index contributed by atoms with van der Waals surface area (Å²) in [5.74, 6) is 0.727. The van der Waals surface area contributed by atoms with Crippen molar-refractivity contribution in [1.82, 2.24) is 5.32 Å².